The summed E-state index contributed by atoms with van der Waals surface area (Å²) in [4.78, 5) is 11.2. The Morgan fingerprint density at radius 3 is 1.93 bits per heavy atom. The first kappa shape index (κ1) is 22.1. The van der Waals surface area contributed by atoms with Crippen molar-refractivity contribution in [2.45, 2.75) is 52.9 Å². The van der Waals surface area contributed by atoms with Gasteiger partial charge in [0.1, 0.15) is 12.1 Å². The fraction of sp³-hybridized carbons (Fsp3) is 0.417. The molecule has 0 fully saturated rings. The molecule has 0 N–H and O–H groups in total. The second-order valence-electron chi connectivity index (χ2n) is 8.04. The summed E-state index contributed by atoms with van der Waals surface area (Å²) in [7, 11) is 0. The summed E-state index contributed by atoms with van der Waals surface area (Å²) < 4.78 is 0. The molecule has 2 aromatic rings. The number of rotatable bonds is 7. The lowest BCUT2D eigenvalue weighted by Crippen LogP contribution is -2.24. The summed E-state index contributed by atoms with van der Waals surface area (Å²) in [6.07, 6.45) is 6.09. The average molecular weight is 388 g/mol. The van der Waals surface area contributed by atoms with E-state index in [-0.39, 0.29) is 16.8 Å². The summed E-state index contributed by atoms with van der Waals surface area (Å²) >= 11 is 0. The van der Waals surface area contributed by atoms with Gasteiger partial charge in [0.25, 0.3) is 0 Å². The topological polar surface area (TPSA) is 76.6 Å². The van der Waals surface area contributed by atoms with Crippen LogP contribution < -0.4 is 4.90 Å². The Kier molecular flexibility index (Phi) is 7.51. The van der Waals surface area contributed by atoms with Crippen LogP contribution in [-0.4, -0.2) is 23.1 Å². The van der Waals surface area contributed by atoms with E-state index in [2.05, 4.69) is 53.0 Å². The maximum absolute atomic E-state index is 9.29. The van der Waals surface area contributed by atoms with E-state index in [0.29, 0.717) is 11.4 Å². The number of nitrogens with zero attached hydrogens (tertiary/aromatic N) is 5. The van der Waals surface area contributed by atoms with Crippen LogP contribution in [-0.2, 0) is 5.41 Å². The molecule has 0 aliphatic carbocycles. The van der Waals surface area contributed by atoms with Crippen molar-refractivity contribution in [3.63, 3.8) is 0 Å². The third-order valence-electron chi connectivity index (χ3n) is 4.52. The van der Waals surface area contributed by atoms with Gasteiger partial charge >= 0.3 is 0 Å². The molecule has 0 aliphatic rings. The summed E-state index contributed by atoms with van der Waals surface area (Å²) in [5.41, 5.74) is 3.44. The Bertz CT molecular complexity index is 931. The third-order valence-corrected chi connectivity index (χ3v) is 4.52. The van der Waals surface area contributed by atoms with Crippen molar-refractivity contribution < 1.29 is 0 Å². The van der Waals surface area contributed by atoms with E-state index >= 15 is 0 Å². The molecular formula is C24H29N5. The summed E-state index contributed by atoms with van der Waals surface area (Å²) in [5.74, 6) is 0. The smallest absolute Gasteiger partial charge is 0.177 e. The zero-order valence-corrected chi connectivity index (χ0v) is 18.0. The van der Waals surface area contributed by atoms with Crippen LogP contribution in [0.25, 0.3) is 12.2 Å². The van der Waals surface area contributed by atoms with E-state index in [4.69, 9.17) is 0 Å². The lowest BCUT2D eigenvalue weighted by atomic mass is 9.89. The number of anilines is 1. The summed E-state index contributed by atoms with van der Waals surface area (Å²) in [5, 5.41) is 18.6. The van der Waals surface area contributed by atoms with Gasteiger partial charge in [-0.2, -0.15) is 10.5 Å². The molecule has 5 nitrogen and oxygen atoms in total. The second-order valence-corrected chi connectivity index (χ2v) is 8.04. The quantitative estimate of drug-likeness (QED) is 0.643. The second kappa shape index (κ2) is 9.85. The van der Waals surface area contributed by atoms with E-state index in [1.807, 2.05) is 45.1 Å². The van der Waals surface area contributed by atoms with Crippen molar-refractivity contribution in [2.24, 2.45) is 0 Å². The standard InChI is InChI=1S/C24H29N5/c1-6-14-29(15-7-2)19-11-8-18(9-12-19)10-13-20-23(24(3,4)5)28-22(17-26)21(16-25)27-20/h8-13H,6-7,14-15H2,1-5H3/b13-10+. The third kappa shape index (κ3) is 5.65. The van der Waals surface area contributed by atoms with Crippen LogP contribution in [0.2, 0.25) is 0 Å². The predicted octanol–water partition coefficient (Wildman–Crippen LogP) is 5.31. The number of hydrogen-bond acceptors (Lipinski definition) is 5. The summed E-state index contributed by atoms with van der Waals surface area (Å²) in [6.45, 7) is 12.6. The normalized spacial score (nSPS) is 11.3. The molecule has 0 unspecified atom stereocenters. The van der Waals surface area contributed by atoms with Crippen LogP contribution in [0, 0.1) is 22.7 Å². The first-order valence-corrected chi connectivity index (χ1v) is 10.1. The number of hydrogen-bond donors (Lipinski definition) is 0. The van der Waals surface area contributed by atoms with Crippen molar-refractivity contribution >= 4 is 17.8 Å². The Morgan fingerprint density at radius 2 is 1.45 bits per heavy atom. The van der Waals surface area contributed by atoms with Gasteiger partial charge < -0.3 is 4.90 Å². The van der Waals surface area contributed by atoms with Crippen molar-refractivity contribution in [3.05, 3.63) is 52.6 Å². The van der Waals surface area contributed by atoms with Gasteiger partial charge in [-0.05, 0) is 36.6 Å². The fourth-order valence-corrected chi connectivity index (χ4v) is 3.15. The lowest BCUT2D eigenvalue weighted by Gasteiger charge is -2.23. The molecule has 0 amide bonds. The molecule has 1 aromatic carbocycles. The molecule has 0 saturated heterocycles. The van der Waals surface area contributed by atoms with Crippen LogP contribution >= 0.6 is 0 Å². The van der Waals surface area contributed by atoms with Gasteiger partial charge in [0.2, 0.25) is 0 Å². The minimum Gasteiger partial charge on any atom is -0.372 e. The van der Waals surface area contributed by atoms with Crippen molar-refractivity contribution in [2.75, 3.05) is 18.0 Å². The minimum absolute atomic E-state index is 0.0604. The zero-order valence-electron chi connectivity index (χ0n) is 18.0. The summed E-state index contributed by atoms with van der Waals surface area (Å²) in [6, 6.07) is 12.4. The average Bonchev–Trinajstić information content (AvgIpc) is 2.71. The molecule has 2 rings (SSSR count). The van der Waals surface area contributed by atoms with Gasteiger partial charge in [0.05, 0.1) is 11.4 Å². The fourth-order valence-electron chi connectivity index (χ4n) is 3.15. The predicted molar refractivity (Wildman–Crippen MR) is 118 cm³/mol. The van der Waals surface area contributed by atoms with E-state index in [1.165, 1.54) is 5.69 Å². The Labute approximate surface area is 174 Å². The molecular weight excluding hydrogens is 358 g/mol. The van der Waals surface area contributed by atoms with Crippen molar-refractivity contribution in [3.8, 4) is 12.1 Å². The van der Waals surface area contributed by atoms with Crippen LogP contribution in [0.1, 0.15) is 75.8 Å². The first-order chi connectivity index (χ1) is 13.8. The van der Waals surface area contributed by atoms with Crippen molar-refractivity contribution in [1.82, 2.24) is 9.97 Å². The van der Waals surface area contributed by atoms with Crippen LogP contribution in [0.3, 0.4) is 0 Å². The highest BCUT2D eigenvalue weighted by atomic mass is 15.1. The highest BCUT2D eigenvalue weighted by molar-refractivity contribution is 5.70. The maximum atomic E-state index is 9.29. The number of nitriles is 2. The van der Waals surface area contributed by atoms with Crippen molar-refractivity contribution in [1.29, 1.82) is 10.5 Å². The SMILES string of the molecule is CCCN(CCC)c1ccc(/C=C/c2nc(C#N)c(C#N)nc2C(C)(C)C)cc1. The van der Waals surface area contributed by atoms with Gasteiger partial charge in [-0.15, -0.1) is 0 Å². The van der Waals surface area contributed by atoms with Crippen LogP contribution in [0.15, 0.2) is 24.3 Å². The van der Waals surface area contributed by atoms with Crippen LogP contribution in [0.4, 0.5) is 5.69 Å². The Morgan fingerprint density at radius 1 is 0.897 bits per heavy atom. The largest absolute Gasteiger partial charge is 0.372 e. The molecule has 0 radical (unpaired) electrons. The lowest BCUT2D eigenvalue weighted by molar-refractivity contribution is 0.562. The molecule has 5 heteroatoms. The van der Waals surface area contributed by atoms with Gasteiger partial charge in [-0.1, -0.05) is 52.8 Å². The molecule has 0 aliphatic heterocycles. The highest BCUT2D eigenvalue weighted by Crippen LogP contribution is 2.26. The number of benzene rings is 1. The monoisotopic (exact) mass is 387 g/mol. The molecule has 150 valence electrons. The molecule has 0 atom stereocenters. The van der Waals surface area contributed by atoms with Gasteiger partial charge in [0, 0.05) is 24.2 Å². The molecule has 29 heavy (non-hydrogen) atoms. The van der Waals surface area contributed by atoms with Gasteiger partial charge in [-0.25, -0.2) is 9.97 Å². The molecule has 0 spiro atoms. The van der Waals surface area contributed by atoms with Gasteiger partial charge in [-0.3, -0.25) is 0 Å². The minimum atomic E-state index is -0.295. The number of aromatic nitrogens is 2. The van der Waals surface area contributed by atoms with E-state index in [1.54, 1.807) is 0 Å². The Hall–Kier alpha value is -3.18. The Balaban J connectivity index is 2.36. The molecule has 1 heterocycles. The molecule has 0 bridgehead atoms. The highest BCUT2D eigenvalue weighted by Gasteiger charge is 2.22. The first-order valence-electron chi connectivity index (χ1n) is 10.1. The molecule has 0 saturated carbocycles. The molecule has 1 aromatic heterocycles. The maximum Gasteiger partial charge on any atom is 0.177 e. The zero-order chi connectivity index (χ0) is 21.4. The van der Waals surface area contributed by atoms with Crippen LogP contribution in [0.5, 0.6) is 0 Å². The van der Waals surface area contributed by atoms with E-state index < -0.39 is 0 Å². The van der Waals surface area contributed by atoms with Gasteiger partial charge in [0.15, 0.2) is 11.4 Å². The van der Waals surface area contributed by atoms with E-state index in [9.17, 15) is 10.5 Å². The van der Waals surface area contributed by atoms with E-state index in [0.717, 1.165) is 31.5 Å².